The number of hydrogen-bond acceptors (Lipinski definition) is 3. The van der Waals surface area contributed by atoms with E-state index in [-0.39, 0.29) is 18.2 Å². The summed E-state index contributed by atoms with van der Waals surface area (Å²) in [6.45, 7) is 2.41. The summed E-state index contributed by atoms with van der Waals surface area (Å²) >= 11 is 0. The molecule has 21 heavy (non-hydrogen) atoms. The number of carbonyl (C=O) groups is 2. The Labute approximate surface area is 124 Å². The molecule has 0 saturated carbocycles. The smallest absolute Gasteiger partial charge is 0.326 e. The molecule has 1 amide bonds. The van der Waals surface area contributed by atoms with E-state index < -0.39 is 12.0 Å². The fraction of sp³-hybridized carbons (Fsp3) is 0.500. The molecule has 5 nitrogen and oxygen atoms in total. The summed E-state index contributed by atoms with van der Waals surface area (Å²) in [6.07, 6.45) is 1.91. The van der Waals surface area contributed by atoms with Gasteiger partial charge in [-0.1, -0.05) is 19.1 Å². The molecule has 114 valence electrons. The van der Waals surface area contributed by atoms with E-state index in [9.17, 15) is 14.7 Å². The standard InChI is InChI=1S/C16H21NO4/c1-11-5-4-8-17(15(11)16(19)20)14(18)10-12-6-3-7-13(9-12)21-2/h3,6-7,9,11,15H,4-5,8,10H2,1-2H3,(H,19,20). The molecule has 0 bridgehead atoms. The third-order valence-corrected chi connectivity index (χ3v) is 4.00. The molecule has 2 rings (SSSR count). The van der Waals surface area contributed by atoms with Crippen LogP contribution in [0.15, 0.2) is 24.3 Å². The van der Waals surface area contributed by atoms with E-state index in [1.807, 2.05) is 25.1 Å². The number of carbonyl (C=O) groups excluding carboxylic acids is 1. The molecule has 1 aliphatic rings. The van der Waals surface area contributed by atoms with E-state index in [1.165, 1.54) is 4.90 Å². The van der Waals surface area contributed by atoms with Gasteiger partial charge in [0.25, 0.3) is 0 Å². The lowest BCUT2D eigenvalue weighted by molar-refractivity contribution is -0.154. The first-order valence-corrected chi connectivity index (χ1v) is 7.18. The quantitative estimate of drug-likeness (QED) is 0.920. The van der Waals surface area contributed by atoms with Crippen LogP contribution in [0.2, 0.25) is 0 Å². The molecule has 2 unspecified atom stereocenters. The lowest BCUT2D eigenvalue weighted by atomic mass is 9.90. The maximum Gasteiger partial charge on any atom is 0.326 e. The maximum atomic E-state index is 12.4. The van der Waals surface area contributed by atoms with Crippen molar-refractivity contribution in [2.45, 2.75) is 32.2 Å². The second-order valence-electron chi connectivity index (χ2n) is 5.52. The Morgan fingerprint density at radius 1 is 1.43 bits per heavy atom. The highest BCUT2D eigenvalue weighted by Gasteiger charge is 2.36. The van der Waals surface area contributed by atoms with E-state index in [4.69, 9.17) is 4.74 Å². The second kappa shape index (κ2) is 6.61. The summed E-state index contributed by atoms with van der Waals surface area (Å²) in [6, 6.07) is 6.59. The van der Waals surface area contributed by atoms with Gasteiger partial charge in [0.1, 0.15) is 11.8 Å². The Morgan fingerprint density at radius 2 is 2.19 bits per heavy atom. The van der Waals surface area contributed by atoms with Gasteiger partial charge in [0.05, 0.1) is 13.5 Å². The summed E-state index contributed by atoms with van der Waals surface area (Å²) in [4.78, 5) is 25.4. The van der Waals surface area contributed by atoms with Gasteiger partial charge in [0, 0.05) is 6.54 Å². The number of hydrogen-bond donors (Lipinski definition) is 1. The normalized spacial score (nSPS) is 21.9. The van der Waals surface area contributed by atoms with Gasteiger partial charge in [0.15, 0.2) is 0 Å². The van der Waals surface area contributed by atoms with Crippen LogP contribution in [0.1, 0.15) is 25.3 Å². The number of ether oxygens (including phenoxy) is 1. The number of aliphatic carboxylic acids is 1. The third-order valence-electron chi connectivity index (χ3n) is 4.00. The molecule has 1 aromatic carbocycles. The van der Waals surface area contributed by atoms with Gasteiger partial charge in [-0.25, -0.2) is 4.79 Å². The molecule has 1 heterocycles. The van der Waals surface area contributed by atoms with Crippen LogP contribution in [0.3, 0.4) is 0 Å². The summed E-state index contributed by atoms with van der Waals surface area (Å²) in [5, 5.41) is 9.36. The first kappa shape index (κ1) is 15.4. The molecule has 0 aromatic heterocycles. The number of benzene rings is 1. The van der Waals surface area contributed by atoms with Crippen molar-refractivity contribution < 1.29 is 19.4 Å². The Hall–Kier alpha value is -2.04. The van der Waals surface area contributed by atoms with Crippen LogP contribution < -0.4 is 4.74 Å². The van der Waals surface area contributed by atoms with Crippen molar-refractivity contribution in [3.63, 3.8) is 0 Å². The van der Waals surface area contributed by atoms with Crippen LogP contribution in [0.25, 0.3) is 0 Å². The van der Waals surface area contributed by atoms with Gasteiger partial charge in [-0.05, 0) is 36.5 Å². The predicted octanol–water partition coefficient (Wildman–Crippen LogP) is 1.95. The van der Waals surface area contributed by atoms with Crippen molar-refractivity contribution in [2.24, 2.45) is 5.92 Å². The van der Waals surface area contributed by atoms with Crippen molar-refractivity contribution in [1.29, 1.82) is 0 Å². The summed E-state index contributed by atoms with van der Waals surface area (Å²) in [7, 11) is 1.58. The molecular weight excluding hydrogens is 270 g/mol. The minimum atomic E-state index is -0.916. The number of piperidine rings is 1. The molecule has 5 heteroatoms. The van der Waals surface area contributed by atoms with E-state index >= 15 is 0 Å². The minimum absolute atomic E-state index is 0.00879. The predicted molar refractivity (Wildman–Crippen MR) is 78.2 cm³/mol. The van der Waals surface area contributed by atoms with Gasteiger partial charge in [0.2, 0.25) is 5.91 Å². The molecule has 1 aliphatic heterocycles. The van der Waals surface area contributed by atoms with Gasteiger partial charge in [-0.2, -0.15) is 0 Å². The number of nitrogens with zero attached hydrogens (tertiary/aromatic N) is 1. The van der Waals surface area contributed by atoms with Crippen LogP contribution in [0.5, 0.6) is 5.75 Å². The molecule has 0 spiro atoms. The van der Waals surface area contributed by atoms with Crippen molar-refractivity contribution >= 4 is 11.9 Å². The number of carboxylic acids is 1. The topological polar surface area (TPSA) is 66.8 Å². The average molecular weight is 291 g/mol. The van der Waals surface area contributed by atoms with Crippen molar-refractivity contribution in [2.75, 3.05) is 13.7 Å². The number of amides is 1. The number of rotatable bonds is 4. The molecule has 2 atom stereocenters. The summed E-state index contributed by atoms with van der Waals surface area (Å²) < 4.78 is 5.14. The zero-order valence-corrected chi connectivity index (χ0v) is 12.4. The monoisotopic (exact) mass is 291 g/mol. The fourth-order valence-corrected chi connectivity index (χ4v) is 2.90. The van der Waals surface area contributed by atoms with Crippen LogP contribution >= 0.6 is 0 Å². The molecule has 0 aliphatic carbocycles. The van der Waals surface area contributed by atoms with Crippen molar-refractivity contribution in [1.82, 2.24) is 4.90 Å². The first-order valence-electron chi connectivity index (χ1n) is 7.18. The lowest BCUT2D eigenvalue weighted by Gasteiger charge is -2.37. The molecule has 1 N–H and O–H groups in total. The van der Waals surface area contributed by atoms with Crippen molar-refractivity contribution in [3.05, 3.63) is 29.8 Å². The summed E-state index contributed by atoms with van der Waals surface area (Å²) in [5.41, 5.74) is 0.835. The largest absolute Gasteiger partial charge is 0.497 e. The Bertz CT molecular complexity index is 529. The maximum absolute atomic E-state index is 12.4. The number of likely N-dealkylation sites (tertiary alicyclic amines) is 1. The second-order valence-corrected chi connectivity index (χ2v) is 5.52. The lowest BCUT2D eigenvalue weighted by Crippen LogP contribution is -2.52. The highest BCUT2D eigenvalue weighted by molar-refractivity contribution is 5.85. The Morgan fingerprint density at radius 3 is 2.86 bits per heavy atom. The molecule has 1 fully saturated rings. The Kier molecular flexibility index (Phi) is 4.83. The average Bonchev–Trinajstić information content (AvgIpc) is 2.46. The SMILES string of the molecule is COc1cccc(CC(=O)N2CCCC(C)C2C(=O)O)c1. The molecule has 1 saturated heterocycles. The molecule has 0 radical (unpaired) electrons. The van der Waals surface area contributed by atoms with Crippen LogP contribution in [0.4, 0.5) is 0 Å². The van der Waals surface area contributed by atoms with E-state index in [0.29, 0.717) is 12.3 Å². The van der Waals surface area contributed by atoms with Gasteiger partial charge < -0.3 is 14.7 Å². The highest BCUT2D eigenvalue weighted by Crippen LogP contribution is 2.24. The van der Waals surface area contributed by atoms with E-state index in [0.717, 1.165) is 18.4 Å². The van der Waals surface area contributed by atoms with Gasteiger partial charge in [-0.3, -0.25) is 4.79 Å². The Balaban J connectivity index is 2.12. The summed E-state index contributed by atoms with van der Waals surface area (Å²) in [5.74, 6) is -0.365. The molecular formula is C16H21NO4. The fourth-order valence-electron chi connectivity index (χ4n) is 2.90. The van der Waals surface area contributed by atoms with Crippen LogP contribution in [-0.4, -0.2) is 41.6 Å². The highest BCUT2D eigenvalue weighted by atomic mass is 16.5. The first-order chi connectivity index (χ1) is 10.0. The minimum Gasteiger partial charge on any atom is -0.497 e. The van der Waals surface area contributed by atoms with E-state index in [1.54, 1.807) is 13.2 Å². The van der Waals surface area contributed by atoms with E-state index in [2.05, 4.69) is 0 Å². The zero-order chi connectivity index (χ0) is 15.4. The molecule has 1 aromatic rings. The van der Waals surface area contributed by atoms with Crippen molar-refractivity contribution in [3.8, 4) is 5.75 Å². The van der Waals surface area contributed by atoms with Crippen LogP contribution in [0, 0.1) is 5.92 Å². The zero-order valence-electron chi connectivity index (χ0n) is 12.4. The third kappa shape index (κ3) is 3.54. The van der Waals surface area contributed by atoms with Gasteiger partial charge in [-0.15, -0.1) is 0 Å². The number of carboxylic acid groups (broad SMARTS) is 1. The number of methoxy groups -OCH3 is 1. The van der Waals surface area contributed by atoms with Crippen LogP contribution in [-0.2, 0) is 16.0 Å². The van der Waals surface area contributed by atoms with Gasteiger partial charge >= 0.3 is 5.97 Å².